The number of carbonyl (C=O) groups excluding carboxylic acids is 2. The van der Waals surface area contributed by atoms with E-state index in [1.165, 1.54) is 0 Å². The molecule has 0 aliphatic carbocycles. The van der Waals surface area contributed by atoms with Crippen molar-refractivity contribution in [3.63, 3.8) is 0 Å². The molecule has 0 saturated heterocycles. The zero-order valence-electron chi connectivity index (χ0n) is 8.38. The van der Waals surface area contributed by atoms with E-state index in [-0.39, 0.29) is 6.42 Å². The smallest absolute Gasteiger partial charge is 0.248 e. The molecule has 14 heavy (non-hydrogen) atoms. The number of nitrogens with two attached hydrogens (primary N) is 2. The molecule has 2 amide bonds. The Kier molecular flexibility index (Phi) is 5.53. The molecule has 0 rings (SSSR count). The van der Waals surface area contributed by atoms with E-state index < -0.39 is 16.7 Å². The van der Waals surface area contributed by atoms with Crippen LogP contribution in [0.15, 0.2) is 0 Å². The van der Waals surface area contributed by atoms with Crippen molar-refractivity contribution in [1.82, 2.24) is 0 Å². The lowest BCUT2D eigenvalue weighted by atomic mass is 9.98. The highest BCUT2D eigenvalue weighted by molar-refractivity contribution is 6.45. The minimum Gasteiger partial charge on any atom is -0.368 e. The van der Waals surface area contributed by atoms with Crippen molar-refractivity contribution in [1.29, 1.82) is 0 Å². The van der Waals surface area contributed by atoms with Gasteiger partial charge in [-0.1, -0.05) is 44.2 Å². The molecule has 0 fully saturated rings. The van der Waals surface area contributed by atoms with E-state index in [4.69, 9.17) is 23.1 Å². The number of amides is 2. The van der Waals surface area contributed by atoms with Gasteiger partial charge in [-0.2, -0.15) is 0 Å². The van der Waals surface area contributed by atoms with E-state index in [2.05, 4.69) is 6.92 Å². The first-order valence-corrected chi connectivity index (χ1v) is 5.11. The molecule has 0 aliphatic heterocycles. The van der Waals surface area contributed by atoms with Crippen molar-refractivity contribution in [2.24, 2.45) is 11.5 Å². The summed E-state index contributed by atoms with van der Waals surface area (Å²) >= 11 is 5.74. The summed E-state index contributed by atoms with van der Waals surface area (Å²) in [7, 11) is 0. The van der Waals surface area contributed by atoms with Crippen LogP contribution in [0.1, 0.15) is 39.0 Å². The van der Waals surface area contributed by atoms with Gasteiger partial charge in [-0.3, -0.25) is 9.59 Å². The first-order chi connectivity index (χ1) is 6.45. The summed E-state index contributed by atoms with van der Waals surface area (Å²) in [5.74, 6) is -1.72. The monoisotopic (exact) mass is 220 g/mol. The van der Waals surface area contributed by atoms with Crippen LogP contribution >= 0.6 is 11.6 Å². The van der Waals surface area contributed by atoms with E-state index in [0.29, 0.717) is 6.42 Å². The highest BCUT2D eigenvalue weighted by Gasteiger charge is 2.39. The van der Waals surface area contributed by atoms with E-state index >= 15 is 0 Å². The Hall–Kier alpha value is -0.770. The molecule has 0 aromatic carbocycles. The number of carbonyl (C=O) groups is 2. The van der Waals surface area contributed by atoms with Crippen molar-refractivity contribution in [3.05, 3.63) is 0 Å². The summed E-state index contributed by atoms with van der Waals surface area (Å²) in [5.41, 5.74) is 10.0. The van der Waals surface area contributed by atoms with Gasteiger partial charge < -0.3 is 11.5 Å². The van der Waals surface area contributed by atoms with Crippen molar-refractivity contribution < 1.29 is 9.59 Å². The maximum Gasteiger partial charge on any atom is 0.248 e. The Morgan fingerprint density at radius 1 is 1.14 bits per heavy atom. The Morgan fingerprint density at radius 2 is 1.64 bits per heavy atom. The fourth-order valence-corrected chi connectivity index (χ4v) is 1.30. The van der Waals surface area contributed by atoms with Gasteiger partial charge in [0.15, 0.2) is 4.87 Å². The van der Waals surface area contributed by atoms with Crippen LogP contribution in [0.5, 0.6) is 0 Å². The second-order valence-corrected chi connectivity index (χ2v) is 3.99. The van der Waals surface area contributed by atoms with E-state index in [1.807, 2.05) is 0 Å². The number of primary amides is 2. The molecule has 0 aromatic rings. The van der Waals surface area contributed by atoms with Gasteiger partial charge in [-0.25, -0.2) is 0 Å². The zero-order chi connectivity index (χ0) is 11.2. The van der Waals surface area contributed by atoms with Gasteiger partial charge in [-0.05, 0) is 6.42 Å². The Balaban J connectivity index is 4.12. The first kappa shape index (κ1) is 13.2. The number of unbranched alkanes of at least 4 members (excludes halogenated alkanes) is 3. The second kappa shape index (κ2) is 5.86. The fourth-order valence-electron chi connectivity index (χ4n) is 1.16. The fraction of sp³-hybridized carbons (Fsp3) is 0.778. The largest absolute Gasteiger partial charge is 0.368 e. The number of rotatable bonds is 7. The van der Waals surface area contributed by atoms with Crippen LogP contribution < -0.4 is 11.5 Å². The van der Waals surface area contributed by atoms with Gasteiger partial charge in [0.05, 0.1) is 0 Å². The summed E-state index contributed by atoms with van der Waals surface area (Å²) in [6.07, 6.45) is 3.95. The molecule has 82 valence electrons. The van der Waals surface area contributed by atoms with E-state index in [9.17, 15) is 9.59 Å². The topological polar surface area (TPSA) is 86.2 Å². The van der Waals surface area contributed by atoms with E-state index in [1.54, 1.807) is 0 Å². The van der Waals surface area contributed by atoms with E-state index in [0.717, 1.165) is 19.3 Å². The maximum absolute atomic E-state index is 10.9. The molecule has 0 bridgehead atoms. The first-order valence-electron chi connectivity index (χ1n) is 4.74. The van der Waals surface area contributed by atoms with Gasteiger partial charge in [0.2, 0.25) is 11.8 Å². The summed E-state index contributed by atoms with van der Waals surface area (Å²) in [4.78, 5) is 20.1. The molecule has 0 radical (unpaired) electrons. The maximum atomic E-state index is 10.9. The molecule has 0 aliphatic rings. The summed E-state index contributed by atoms with van der Waals surface area (Å²) in [6, 6.07) is 0. The molecule has 5 heteroatoms. The molecule has 0 spiro atoms. The van der Waals surface area contributed by atoms with Gasteiger partial charge >= 0.3 is 0 Å². The average molecular weight is 221 g/mol. The molecule has 4 nitrogen and oxygen atoms in total. The number of alkyl halides is 1. The predicted octanol–water partition coefficient (Wildman–Crippen LogP) is 0.905. The molecular formula is C9H17ClN2O2. The summed E-state index contributed by atoms with van der Waals surface area (Å²) < 4.78 is 0. The quantitative estimate of drug-likeness (QED) is 0.380. The lowest BCUT2D eigenvalue weighted by Gasteiger charge is -2.18. The van der Waals surface area contributed by atoms with Crippen molar-refractivity contribution in [2.45, 2.75) is 43.9 Å². The summed E-state index contributed by atoms with van der Waals surface area (Å²) in [6.45, 7) is 2.07. The minimum absolute atomic E-state index is 0.221. The van der Waals surface area contributed by atoms with Crippen LogP contribution in [0.25, 0.3) is 0 Å². The highest BCUT2D eigenvalue weighted by atomic mass is 35.5. The van der Waals surface area contributed by atoms with Crippen LogP contribution in [-0.4, -0.2) is 16.7 Å². The van der Waals surface area contributed by atoms with Gasteiger partial charge in [0.1, 0.15) is 0 Å². The molecule has 0 unspecified atom stereocenters. The third-order valence-corrected chi connectivity index (χ3v) is 2.72. The average Bonchev–Trinajstić information content (AvgIpc) is 2.11. The lowest BCUT2D eigenvalue weighted by Crippen LogP contribution is -2.49. The van der Waals surface area contributed by atoms with Crippen LogP contribution in [-0.2, 0) is 9.59 Å². The number of halogens is 1. The standard InChI is InChI=1S/C9H17ClN2O2/c1-2-3-4-5-6-9(10,7(11)13)8(12)14/h2-6H2,1H3,(H2,11,13)(H2,12,14). The second-order valence-electron chi connectivity index (χ2n) is 3.34. The number of hydrogen-bond donors (Lipinski definition) is 2. The normalized spacial score (nSPS) is 11.3. The summed E-state index contributed by atoms with van der Waals surface area (Å²) in [5, 5.41) is 0. The molecule has 0 heterocycles. The number of hydrogen-bond acceptors (Lipinski definition) is 2. The lowest BCUT2D eigenvalue weighted by molar-refractivity contribution is -0.130. The Morgan fingerprint density at radius 3 is 2.00 bits per heavy atom. The molecule has 4 N–H and O–H groups in total. The van der Waals surface area contributed by atoms with Crippen molar-refractivity contribution in [2.75, 3.05) is 0 Å². The van der Waals surface area contributed by atoms with Gasteiger partial charge in [-0.15, -0.1) is 0 Å². The Labute approximate surface area is 89.0 Å². The van der Waals surface area contributed by atoms with Gasteiger partial charge in [0, 0.05) is 0 Å². The van der Waals surface area contributed by atoms with Crippen LogP contribution in [0.3, 0.4) is 0 Å². The minimum atomic E-state index is -1.70. The highest BCUT2D eigenvalue weighted by Crippen LogP contribution is 2.22. The van der Waals surface area contributed by atoms with Crippen LogP contribution in [0.2, 0.25) is 0 Å². The van der Waals surface area contributed by atoms with Gasteiger partial charge in [0.25, 0.3) is 0 Å². The molecule has 0 aromatic heterocycles. The van der Waals surface area contributed by atoms with Crippen molar-refractivity contribution in [3.8, 4) is 0 Å². The zero-order valence-corrected chi connectivity index (χ0v) is 9.14. The molecule has 0 saturated carbocycles. The van der Waals surface area contributed by atoms with Crippen molar-refractivity contribution >= 4 is 23.4 Å². The third-order valence-electron chi connectivity index (χ3n) is 2.16. The molecular weight excluding hydrogens is 204 g/mol. The predicted molar refractivity (Wildman–Crippen MR) is 55.7 cm³/mol. The third kappa shape index (κ3) is 3.54. The SMILES string of the molecule is CCCCCCC(Cl)(C(N)=O)C(N)=O. The Bertz CT molecular complexity index is 205. The van der Waals surface area contributed by atoms with Crippen LogP contribution in [0.4, 0.5) is 0 Å². The molecule has 0 atom stereocenters. The van der Waals surface area contributed by atoms with Crippen LogP contribution in [0, 0.1) is 0 Å².